The first-order chi connectivity index (χ1) is 8.25. The fourth-order valence-electron chi connectivity index (χ4n) is 4.08. The highest BCUT2D eigenvalue weighted by molar-refractivity contribution is 4.96. The third-order valence-electron chi connectivity index (χ3n) is 5.14. The summed E-state index contributed by atoms with van der Waals surface area (Å²) in [5.41, 5.74) is 0. The molecule has 3 nitrogen and oxygen atoms in total. The van der Waals surface area contributed by atoms with Gasteiger partial charge in [-0.1, -0.05) is 13.3 Å². The van der Waals surface area contributed by atoms with Crippen LogP contribution in [0.3, 0.4) is 0 Å². The number of nitrogens with one attached hydrogen (secondary N) is 1. The molecule has 98 valence electrons. The highest BCUT2D eigenvalue weighted by atomic mass is 15.3. The Morgan fingerprint density at radius 1 is 1.06 bits per heavy atom. The first-order valence-electron chi connectivity index (χ1n) is 7.46. The molecule has 0 radical (unpaired) electrons. The van der Waals surface area contributed by atoms with Crippen molar-refractivity contribution in [3.05, 3.63) is 0 Å². The molecule has 3 saturated heterocycles. The molecule has 0 saturated carbocycles. The molecule has 0 amide bonds. The lowest BCUT2D eigenvalue weighted by atomic mass is 9.94. The Labute approximate surface area is 106 Å². The van der Waals surface area contributed by atoms with Crippen LogP contribution in [0.1, 0.15) is 33.1 Å². The lowest BCUT2D eigenvalue weighted by molar-refractivity contribution is -0.0113. The van der Waals surface area contributed by atoms with Gasteiger partial charge in [-0.3, -0.25) is 9.80 Å². The maximum atomic E-state index is 3.56. The highest BCUT2D eigenvalue weighted by Crippen LogP contribution is 2.28. The Bertz CT molecular complexity index is 268. The zero-order valence-electron chi connectivity index (χ0n) is 11.4. The molecule has 3 fully saturated rings. The van der Waals surface area contributed by atoms with Crippen LogP contribution in [0, 0.1) is 5.92 Å². The first kappa shape index (κ1) is 11.9. The van der Waals surface area contributed by atoms with Gasteiger partial charge < -0.3 is 5.32 Å². The van der Waals surface area contributed by atoms with E-state index in [9.17, 15) is 0 Å². The van der Waals surface area contributed by atoms with E-state index in [0.29, 0.717) is 0 Å². The van der Waals surface area contributed by atoms with Gasteiger partial charge in [-0.2, -0.15) is 0 Å². The summed E-state index contributed by atoms with van der Waals surface area (Å²) in [5, 5.41) is 3.56. The quantitative estimate of drug-likeness (QED) is 0.738. The molecule has 3 rings (SSSR count). The summed E-state index contributed by atoms with van der Waals surface area (Å²) < 4.78 is 0. The third kappa shape index (κ3) is 2.25. The summed E-state index contributed by atoms with van der Waals surface area (Å²) >= 11 is 0. The number of hydrogen-bond donors (Lipinski definition) is 1. The van der Waals surface area contributed by atoms with E-state index in [1.54, 1.807) is 0 Å². The normalized spacial score (nSPS) is 44.8. The van der Waals surface area contributed by atoms with Gasteiger partial charge in [0, 0.05) is 37.8 Å². The molecule has 0 bridgehead atoms. The van der Waals surface area contributed by atoms with E-state index in [1.165, 1.54) is 52.0 Å². The van der Waals surface area contributed by atoms with Crippen molar-refractivity contribution >= 4 is 0 Å². The molecule has 3 aliphatic heterocycles. The second-order valence-electron chi connectivity index (χ2n) is 6.39. The van der Waals surface area contributed by atoms with Gasteiger partial charge in [0.25, 0.3) is 0 Å². The van der Waals surface area contributed by atoms with E-state index in [0.717, 1.165) is 24.0 Å². The van der Waals surface area contributed by atoms with E-state index in [-0.39, 0.29) is 0 Å². The molecular formula is C14H27N3. The molecule has 4 unspecified atom stereocenters. The van der Waals surface area contributed by atoms with Crippen molar-refractivity contribution in [1.29, 1.82) is 0 Å². The van der Waals surface area contributed by atoms with Gasteiger partial charge in [-0.15, -0.1) is 0 Å². The van der Waals surface area contributed by atoms with Crippen molar-refractivity contribution in [1.82, 2.24) is 15.1 Å². The maximum absolute atomic E-state index is 3.56. The Balaban J connectivity index is 1.68. The third-order valence-corrected chi connectivity index (χ3v) is 5.14. The maximum Gasteiger partial charge on any atom is 0.0262 e. The summed E-state index contributed by atoms with van der Waals surface area (Å²) in [6.07, 6.45) is 4.30. The van der Waals surface area contributed by atoms with Crippen LogP contribution in [-0.2, 0) is 0 Å². The lowest BCUT2D eigenvalue weighted by Crippen LogP contribution is -2.62. The van der Waals surface area contributed by atoms with Crippen molar-refractivity contribution < 1.29 is 0 Å². The molecule has 0 aromatic carbocycles. The Morgan fingerprint density at radius 2 is 1.94 bits per heavy atom. The molecule has 3 heterocycles. The minimum absolute atomic E-state index is 0.747. The molecule has 0 spiro atoms. The molecule has 1 N–H and O–H groups in total. The second kappa shape index (κ2) is 4.87. The van der Waals surface area contributed by atoms with E-state index in [4.69, 9.17) is 0 Å². The van der Waals surface area contributed by atoms with Gasteiger partial charge in [-0.25, -0.2) is 0 Å². The van der Waals surface area contributed by atoms with Crippen molar-refractivity contribution in [2.45, 2.75) is 51.2 Å². The highest BCUT2D eigenvalue weighted by Gasteiger charge is 2.38. The zero-order chi connectivity index (χ0) is 11.8. The largest absolute Gasteiger partial charge is 0.315 e. The Kier molecular flexibility index (Phi) is 3.42. The van der Waals surface area contributed by atoms with Gasteiger partial charge in [0.1, 0.15) is 0 Å². The fraction of sp³-hybridized carbons (Fsp3) is 1.00. The van der Waals surface area contributed by atoms with Gasteiger partial charge in [0.2, 0.25) is 0 Å². The summed E-state index contributed by atoms with van der Waals surface area (Å²) in [4.78, 5) is 5.55. The van der Waals surface area contributed by atoms with Gasteiger partial charge in [-0.05, 0) is 38.8 Å². The molecular weight excluding hydrogens is 210 g/mol. The van der Waals surface area contributed by atoms with E-state index in [2.05, 4.69) is 29.0 Å². The predicted octanol–water partition coefficient (Wildman–Crippen LogP) is 1.15. The van der Waals surface area contributed by atoms with E-state index in [1.807, 2.05) is 0 Å². The molecule has 0 aromatic heterocycles. The Morgan fingerprint density at radius 3 is 2.71 bits per heavy atom. The average Bonchev–Trinajstić information content (AvgIpc) is 2.74. The second-order valence-corrected chi connectivity index (χ2v) is 6.39. The van der Waals surface area contributed by atoms with Crippen LogP contribution in [0.2, 0.25) is 0 Å². The van der Waals surface area contributed by atoms with Crippen LogP contribution in [0.4, 0.5) is 0 Å². The smallest absolute Gasteiger partial charge is 0.0262 e. The summed E-state index contributed by atoms with van der Waals surface area (Å²) in [5.74, 6) is 0.826. The van der Waals surface area contributed by atoms with Crippen LogP contribution in [0.5, 0.6) is 0 Å². The first-order valence-corrected chi connectivity index (χ1v) is 7.46. The molecule has 4 atom stereocenters. The minimum atomic E-state index is 0.747. The number of hydrogen-bond acceptors (Lipinski definition) is 3. The van der Waals surface area contributed by atoms with Crippen molar-refractivity contribution in [2.24, 2.45) is 5.92 Å². The van der Waals surface area contributed by atoms with Crippen LogP contribution < -0.4 is 5.32 Å². The molecule has 17 heavy (non-hydrogen) atoms. The predicted molar refractivity (Wildman–Crippen MR) is 71.2 cm³/mol. The standard InChI is InChI=1S/C14H27N3/c1-11-7-15-8-14(11)17-10-13-5-3-4-6-16(13)9-12(17)2/h11-15H,3-10H2,1-2H3. The van der Waals surface area contributed by atoms with Crippen LogP contribution in [0.25, 0.3) is 0 Å². The topological polar surface area (TPSA) is 18.5 Å². The fourth-order valence-corrected chi connectivity index (χ4v) is 4.08. The summed E-state index contributed by atoms with van der Waals surface area (Å²) in [7, 11) is 0. The summed E-state index contributed by atoms with van der Waals surface area (Å²) in [6.45, 7) is 11.2. The SMILES string of the molecule is CC1CNCC1N1CC2CCCCN2CC1C. The van der Waals surface area contributed by atoms with E-state index < -0.39 is 0 Å². The van der Waals surface area contributed by atoms with Gasteiger partial charge >= 0.3 is 0 Å². The zero-order valence-corrected chi connectivity index (χ0v) is 11.4. The van der Waals surface area contributed by atoms with Crippen molar-refractivity contribution in [3.63, 3.8) is 0 Å². The van der Waals surface area contributed by atoms with Crippen molar-refractivity contribution in [3.8, 4) is 0 Å². The lowest BCUT2D eigenvalue weighted by Gasteiger charge is -2.50. The van der Waals surface area contributed by atoms with Crippen LogP contribution in [-0.4, -0.2) is 60.6 Å². The monoisotopic (exact) mass is 237 g/mol. The summed E-state index contributed by atoms with van der Waals surface area (Å²) in [6, 6.07) is 2.39. The number of rotatable bonds is 1. The number of piperidine rings is 1. The number of nitrogens with zero attached hydrogens (tertiary/aromatic N) is 2. The molecule has 3 aliphatic rings. The molecule has 0 aliphatic carbocycles. The van der Waals surface area contributed by atoms with Crippen LogP contribution in [0.15, 0.2) is 0 Å². The minimum Gasteiger partial charge on any atom is -0.315 e. The number of fused-ring (bicyclic) bond motifs is 1. The Hall–Kier alpha value is -0.120. The van der Waals surface area contributed by atoms with Gasteiger partial charge in [0.05, 0.1) is 0 Å². The van der Waals surface area contributed by atoms with Crippen molar-refractivity contribution in [2.75, 3.05) is 32.7 Å². The molecule has 0 aromatic rings. The molecule has 3 heteroatoms. The van der Waals surface area contributed by atoms with E-state index >= 15 is 0 Å². The number of piperazine rings is 1. The van der Waals surface area contributed by atoms with Crippen LogP contribution >= 0.6 is 0 Å². The van der Waals surface area contributed by atoms with Gasteiger partial charge in [0.15, 0.2) is 0 Å². The average molecular weight is 237 g/mol.